The monoisotopic (exact) mass is 248 g/mol. The third-order valence-corrected chi connectivity index (χ3v) is 2.59. The molecule has 0 saturated heterocycles. The Hall–Kier alpha value is -1.35. The molecule has 3 nitrogen and oxygen atoms in total. The minimum absolute atomic E-state index is 0.0737. The summed E-state index contributed by atoms with van der Waals surface area (Å²) in [5.74, 6) is 0.114. The highest BCUT2D eigenvalue weighted by Crippen LogP contribution is 1.99. The van der Waals surface area contributed by atoms with Crippen molar-refractivity contribution in [1.82, 2.24) is 10.6 Å². The highest BCUT2D eigenvalue weighted by atomic mass is 16.1. The van der Waals surface area contributed by atoms with Crippen molar-refractivity contribution in [3.05, 3.63) is 35.9 Å². The summed E-state index contributed by atoms with van der Waals surface area (Å²) < 4.78 is 0. The Morgan fingerprint density at radius 2 is 1.78 bits per heavy atom. The summed E-state index contributed by atoms with van der Waals surface area (Å²) in [7, 11) is 0. The lowest BCUT2D eigenvalue weighted by molar-refractivity contribution is -0.121. The molecule has 18 heavy (non-hydrogen) atoms. The summed E-state index contributed by atoms with van der Waals surface area (Å²) in [6.45, 7) is 7.72. The maximum Gasteiger partial charge on any atom is 0.221 e. The van der Waals surface area contributed by atoms with Crippen LogP contribution in [0.15, 0.2) is 30.3 Å². The molecule has 0 aromatic heterocycles. The number of carbonyl (C=O) groups excluding carboxylic acids is 1. The fourth-order valence-electron chi connectivity index (χ4n) is 1.63. The van der Waals surface area contributed by atoms with E-state index in [1.165, 1.54) is 5.56 Å². The zero-order valence-corrected chi connectivity index (χ0v) is 11.6. The summed E-state index contributed by atoms with van der Waals surface area (Å²) in [5.41, 5.74) is 1.33. The zero-order valence-electron chi connectivity index (χ0n) is 11.6. The van der Waals surface area contributed by atoms with Crippen molar-refractivity contribution < 1.29 is 4.79 Å². The summed E-state index contributed by atoms with van der Waals surface area (Å²) in [4.78, 5) is 11.6. The van der Waals surface area contributed by atoms with Gasteiger partial charge < -0.3 is 10.6 Å². The topological polar surface area (TPSA) is 41.1 Å². The van der Waals surface area contributed by atoms with Crippen LogP contribution in [0, 0.1) is 0 Å². The van der Waals surface area contributed by atoms with Crippen molar-refractivity contribution in [2.75, 3.05) is 13.1 Å². The Kier molecular flexibility index (Phi) is 5.86. The van der Waals surface area contributed by atoms with Gasteiger partial charge in [0.1, 0.15) is 0 Å². The van der Waals surface area contributed by atoms with Crippen molar-refractivity contribution in [2.45, 2.75) is 39.2 Å². The van der Waals surface area contributed by atoms with Crippen LogP contribution in [0.4, 0.5) is 0 Å². The number of rotatable bonds is 6. The molecule has 1 rings (SSSR count). The number of hydrogen-bond donors (Lipinski definition) is 2. The molecule has 1 amide bonds. The number of nitrogens with one attached hydrogen (secondary N) is 2. The van der Waals surface area contributed by atoms with Gasteiger partial charge in [-0.15, -0.1) is 0 Å². The van der Waals surface area contributed by atoms with E-state index < -0.39 is 0 Å². The lowest BCUT2D eigenvalue weighted by Crippen LogP contribution is -2.38. The third-order valence-electron chi connectivity index (χ3n) is 2.59. The number of carbonyl (C=O) groups is 1. The molecule has 3 heteroatoms. The minimum atomic E-state index is 0.0737. The predicted octanol–water partition coefficient (Wildman–Crippen LogP) is 2.12. The van der Waals surface area contributed by atoms with Crippen molar-refractivity contribution in [3.63, 3.8) is 0 Å². The average Bonchev–Trinajstić information content (AvgIpc) is 2.28. The fourth-order valence-corrected chi connectivity index (χ4v) is 1.63. The quantitative estimate of drug-likeness (QED) is 0.809. The van der Waals surface area contributed by atoms with Crippen LogP contribution >= 0.6 is 0 Å². The van der Waals surface area contributed by atoms with Crippen LogP contribution in [0.25, 0.3) is 0 Å². The molecular formula is C15H24N2O. The first-order valence-corrected chi connectivity index (χ1v) is 6.53. The Morgan fingerprint density at radius 3 is 2.39 bits per heavy atom. The average molecular weight is 248 g/mol. The Bertz CT molecular complexity index is 355. The van der Waals surface area contributed by atoms with Crippen LogP contribution in [0.2, 0.25) is 0 Å². The summed E-state index contributed by atoms with van der Waals surface area (Å²) >= 11 is 0. The second-order valence-corrected chi connectivity index (χ2v) is 5.51. The molecule has 2 N–H and O–H groups in total. The van der Waals surface area contributed by atoms with E-state index in [0.717, 1.165) is 13.0 Å². The first-order valence-electron chi connectivity index (χ1n) is 6.53. The van der Waals surface area contributed by atoms with Crippen LogP contribution in [0.5, 0.6) is 0 Å². The zero-order chi connectivity index (χ0) is 13.4. The number of hydrogen-bond acceptors (Lipinski definition) is 2. The molecule has 0 aliphatic carbocycles. The smallest absolute Gasteiger partial charge is 0.221 e. The van der Waals surface area contributed by atoms with Crippen molar-refractivity contribution in [1.29, 1.82) is 0 Å². The van der Waals surface area contributed by atoms with Gasteiger partial charge in [0, 0.05) is 25.0 Å². The van der Waals surface area contributed by atoms with Crippen LogP contribution < -0.4 is 10.6 Å². The molecule has 0 saturated carbocycles. The van der Waals surface area contributed by atoms with Gasteiger partial charge in [0.05, 0.1) is 0 Å². The van der Waals surface area contributed by atoms with Crippen LogP contribution in [0.1, 0.15) is 32.8 Å². The minimum Gasteiger partial charge on any atom is -0.356 e. The van der Waals surface area contributed by atoms with Gasteiger partial charge in [-0.05, 0) is 32.8 Å². The van der Waals surface area contributed by atoms with E-state index in [1.54, 1.807) is 0 Å². The van der Waals surface area contributed by atoms with Gasteiger partial charge in [0.25, 0.3) is 0 Å². The molecule has 1 aromatic carbocycles. The van der Waals surface area contributed by atoms with Crippen molar-refractivity contribution in [2.24, 2.45) is 0 Å². The largest absolute Gasteiger partial charge is 0.356 e. The lowest BCUT2D eigenvalue weighted by atomic mass is 10.1. The van der Waals surface area contributed by atoms with Gasteiger partial charge in [0.15, 0.2) is 0 Å². The molecular weight excluding hydrogens is 224 g/mol. The predicted molar refractivity (Wildman–Crippen MR) is 75.5 cm³/mol. The lowest BCUT2D eigenvalue weighted by Gasteiger charge is -2.20. The maximum absolute atomic E-state index is 11.6. The second-order valence-electron chi connectivity index (χ2n) is 5.51. The van der Waals surface area contributed by atoms with Gasteiger partial charge >= 0.3 is 0 Å². The molecule has 0 fully saturated rings. The number of benzene rings is 1. The molecule has 0 atom stereocenters. The molecule has 0 aliphatic heterocycles. The van der Waals surface area contributed by atoms with Gasteiger partial charge in [0.2, 0.25) is 5.91 Å². The first kappa shape index (κ1) is 14.7. The maximum atomic E-state index is 11.6. The Morgan fingerprint density at radius 1 is 1.11 bits per heavy atom. The van der Waals surface area contributed by atoms with E-state index in [1.807, 2.05) is 18.2 Å². The van der Waals surface area contributed by atoms with Crippen LogP contribution in [0.3, 0.4) is 0 Å². The van der Waals surface area contributed by atoms with Crippen molar-refractivity contribution in [3.8, 4) is 0 Å². The molecule has 0 bridgehead atoms. The van der Waals surface area contributed by atoms with E-state index in [-0.39, 0.29) is 11.4 Å². The third kappa shape index (κ3) is 7.07. The Balaban J connectivity index is 2.11. The van der Waals surface area contributed by atoms with Gasteiger partial charge in [-0.25, -0.2) is 0 Å². The molecule has 1 aromatic rings. The normalized spacial score (nSPS) is 11.3. The van der Waals surface area contributed by atoms with Gasteiger partial charge in [-0.2, -0.15) is 0 Å². The van der Waals surface area contributed by atoms with Crippen LogP contribution in [-0.2, 0) is 11.2 Å². The summed E-state index contributed by atoms with van der Waals surface area (Å²) in [6, 6.07) is 10.2. The van der Waals surface area contributed by atoms with E-state index in [4.69, 9.17) is 0 Å². The summed E-state index contributed by atoms with van der Waals surface area (Å²) in [5, 5.41) is 6.24. The van der Waals surface area contributed by atoms with E-state index in [2.05, 4.69) is 43.5 Å². The SMILES string of the molecule is CC(C)(C)NCCC(=O)NCCc1ccccc1. The molecule has 0 spiro atoms. The molecule has 100 valence electrons. The summed E-state index contributed by atoms with van der Waals surface area (Å²) in [6.07, 6.45) is 1.42. The first-order chi connectivity index (χ1) is 8.47. The van der Waals surface area contributed by atoms with E-state index in [9.17, 15) is 4.79 Å². The standard InChI is InChI=1S/C15H24N2O/c1-15(2,3)17-12-10-14(18)16-11-9-13-7-5-4-6-8-13/h4-8,17H,9-12H2,1-3H3,(H,16,18). The van der Waals surface area contributed by atoms with Crippen LogP contribution in [-0.4, -0.2) is 24.5 Å². The fraction of sp³-hybridized carbons (Fsp3) is 0.533. The molecule has 0 radical (unpaired) electrons. The van der Waals surface area contributed by atoms with Gasteiger partial charge in [-0.1, -0.05) is 30.3 Å². The Labute approximate surface area is 110 Å². The molecule has 0 aliphatic rings. The van der Waals surface area contributed by atoms with Gasteiger partial charge in [-0.3, -0.25) is 4.79 Å². The van der Waals surface area contributed by atoms with E-state index >= 15 is 0 Å². The second kappa shape index (κ2) is 7.17. The molecule has 0 unspecified atom stereocenters. The van der Waals surface area contributed by atoms with Crippen molar-refractivity contribution >= 4 is 5.91 Å². The van der Waals surface area contributed by atoms with E-state index in [0.29, 0.717) is 13.0 Å². The highest BCUT2D eigenvalue weighted by Gasteiger charge is 2.09. The number of amides is 1. The molecule has 0 heterocycles. The highest BCUT2D eigenvalue weighted by molar-refractivity contribution is 5.76.